The van der Waals surface area contributed by atoms with Crippen LogP contribution in [0.15, 0.2) is 98.1 Å². The SMILES string of the molecule is C=Cc1sc2c(N(c3cc[c]([Al])c4ccccc34)c3cccc4c(/C=C\C)c(C=C)sc34)cccc2c1/C=C\C. The Hall–Kier alpha value is -3.65. The topological polar surface area (TPSA) is 3.24 Å². The van der Waals surface area contributed by atoms with Gasteiger partial charge >= 0.3 is 0 Å². The van der Waals surface area contributed by atoms with Crippen LogP contribution in [0.4, 0.5) is 17.1 Å². The van der Waals surface area contributed by atoms with Crippen molar-refractivity contribution in [3.8, 4) is 0 Å². The molecular formula is C36H28AlNS2. The molecule has 0 spiro atoms. The van der Waals surface area contributed by atoms with Gasteiger partial charge in [0.15, 0.2) is 16.3 Å². The smallest absolute Gasteiger partial charge is 0.176 e. The Kier molecular flexibility index (Phi) is 7.36. The molecule has 0 aliphatic heterocycles. The number of rotatable bonds is 7. The Labute approximate surface area is 252 Å². The van der Waals surface area contributed by atoms with E-state index >= 15 is 0 Å². The molecule has 0 atom stereocenters. The first-order valence-electron chi connectivity index (χ1n) is 13.3. The fraction of sp³-hybridized carbons (Fsp3) is 0.0556. The maximum atomic E-state index is 4.14. The van der Waals surface area contributed by atoms with Gasteiger partial charge in [-0.25, -0.2) is 0 Å². The van der Waals surface area contributed by atoms with Crippen molar-refractivity contribution in [2.24, 2.45) is 0 Å². The standard InChI is InChI=1S/C36H28NS2.Al/c1-5-14-26-28-19-12-22-31(35(28)38-33(26)7-3)37(30-21-11-17-24-16-9-10-18-25(24)30)32-23-13-20-29-27(15-6-2)34(8-4)39-36(29)32;/h5-16,18-23H,3-4H2,1-2H3;/b14-5-,15-6-;. The summed E-state index contributed by atoms with van der Waals surface area (Å²) >= 11 is 6.51. The average molecular weight is 566 g/mol. The summed E-state index contributed by atoms with van der Waals surface area (Å²) in [6, 6.07) is 26.5. The molecule has 0 fully saturated rings. The number of hydrogen-bond acceptors (Lipinski definition) is 3. The molecule has 0 aliphatic carbocycles. The molecule has 0 aliphatic rings. The predicted molar refractivity (Wildman–Crippen MR) is 184 cm³/mol. The largest absolute Gasteiger partial charge is 0.307 e. The number of thiophene rings is 2. The summed E-state index contributed by atoms with van der Waals surface area (Å²) in [4.78, 5) is 4.83. The molecule has 192 valence electrons. The maximum Gasteiger partial charge on any atom is 0.176 e. The third kappa shape index (κ3) is 4.29. The first-order valence-corrected chi connectivity index (χ1v) is 15.5. The molecule has 0 saturated heterocycles. The second kappa shape index (κ2) is 11.1. The monoisotopic (exact) mass is 565 g/mol. The van der Waals surface area contributed by atoms with E-state index in [9.17, 15) is 0 Å². The summed E-state index contributed by atoms with van der Waals surface area (Å²) in [5.41, 5.74) is 5.93. The molecule has 2 heterocycles. The molecule has 0 N–H and O–H groups in total. The number of fused-ring (bicyclic) bond motifs is 3. The zero-order valence-electron chi connectivity index (χ0n) is 22.6. The zero-order valence-corrected chi connectivity index (χ0v) is 25.4. The van der Waals surface area contributed by atoms with E-state index in [-0.39, 0.29) is 0 Å². The van der Waals surface area contributed by atoms with E-state index in [4.69, 9.17) is 0 Å². The van der Waals surface area contributed by atoms with E-state index in [1.165, 1.54) is 56.3 Å². The van der Waals surface area contributed by atoms with Crippen LogP contribution in [-0.4, -0.2) is 16.3 Å². The molecular weight excluding hydrogens is 538 g/mol. The third-order valence-electron chi connectivity index (χ3n) is 7.22. The predicted octanol–water partition coefficient (Wildman–Crippen LogP) is 10.9. The van der Waals surface area contributed by atoms with Crippen molar-refractivity contribution in [2.45, 2.75) is 13.8 Å². The van der Waals surface area contributed by atoms with Crippen LogP contribution in [-0.2, 0) is 0 Å². The summed E-state index contributed by atoms with van der Waals surface area (Å²) in [7, 11) is 0. The summed E-state index contributed by atoms with van der Waals surface area (Å²) in [5.74, 6) is 0. The second-order valence-electron chi connectivity index (χ2n) is 9.53. The summed E-state index contributed by atoms with van der Waals surface area (Å²) in [5, 5.41) is 4.93. The lowest BCUT2D eigenvalue weighted by molar-refractivity contribution is 1.34. The van der Waals surface area contributed by atoms with Crippen LogP contribution in [0.3, 0.4) is 0 Å². The molecule has 40 heavy (non-hydrogen) atoms. The first kappa shape index (κ1) is 26.6. The number of anilines is 3. The van der Waals surface area contributed by atoms with Crippen LogP contribution in [0.2, 0.25) is 0 Å². The Morgan fingerprint density at radius 2 is 1.10 bits per heavy atom. The lowest BCUT2D eigenvalue weighted by Gasteiger charge is -2.28. The van der Waals surface area contributed by atoms with E-state index < -0.39 is 0 Å². The minimum Gasteiger partial charge on any atom is -0.307 e. The highest BCUT2D eigenvalue weighted by atomic mass is 32.1. The molecule has 2 radical (unpaired) electrons. The molecule has 0 bridgehead atoms. The molecule has 1 nitrogen and oxygen atoms in total. The van der Waals surface area contributed by atoms with Gasteiger partial charge < -0.3 is 4.90 Å². The Morgan fingerprint density at radius 3 is 1.60 bits per heavy atom. The van der Waals surface area contributed by atoms with Gasteiger partial charge in [0, 0.05) is 37.0 Å². The van der Waals surface area contributed by atoms with Crippen molar-refractivity contribution in [2.75, 3.05) is 4.90 Å². The summed E-state index contributed by atoms with van der Waals surface area (Å²) < 4.78 is 3.68. The van der Waals surface area contributed by atoms with E-state index in [2.05, 4.69) is 145 Å². The number of nitrogens with zero attached hydrogens (tertiary/aromatic N) is 1. The quantitative estimate of drug-likeness (QED) is 0.174. The van der Waals surface area contributed by atoms with E-state index in [0.29, 0.717) is 0 Å². The van der Waals surface area contributed by atoms with E-state index in [0.717, 1.165) is 17.1 Å². The maximum absolute atomic E-state index is 4.14. The van der Waals surface area contributed by atoms with E-state index in [1.807, 2.05) is 12.2 Å². The minimum absolute atomic E-state index is 1.16. The highest BCUT2D eigenvalue weighted by molar-refractivity contribution is 7.21. The van der Waals surface area contributed by atoms with Crippen LogP contribution < -0.4 is 9.33 Å². The van der Waals surface area contributed by atoms with E-state index in [1.54, 1.807) is 22.7 Å². The van der Waals surface area contributed by atoms with Gasteiger partial charge in [0.05, 0.1) is 26.5 Å². The number of benzene rings is 4. The number of allylic oxidation sites excluding steroid dienone is 2. The normalized spacial score (nSPS) is 11.8. The van der Waals surface area contributed by atoms with Crippen molar-refractivity contribution < 1.29 is 0 Å². The van der Waals surface area contributed by atoms with Crippen molar-refractivity contribution >= 4 is 116 Å². The van der Waals surface area contributed by atoms with Gasteiger partial charge in [-0.15, -0.1) is 27.1 Å². The minimum atomic E-state index is 1.16. The number of hydrogen-bond donors (Lipinski definition) is 0. The first-order chi connectivity index (χ1) is 19.6. The summed E-state index contributed by atoms with van der Waals surface area (Å²) in [6.07, 6.45) is 12.6. The molecule has 0 saturated carbocycles. The van der Waals surface area contributed by atoms with Gasteiger partial charge in [-0.05, 0) is 37.4 Å². The van der Waals surface area contributed by atoms with Crippen LogP contribution >= 0.6 is 22.7 Å². The average Bonchev–Trinajstić information content (AvgIpc) is 3.53. The highest BCUT2D eigenvalue weighted by Crippen LogP contribution is 2.49. The lowest BCUT2D eigenvalue weighted by Crippen LogP contribution is -2.13. The second-order valence-corrected chi connectivity index (χ2v) is 12.3. The zero-order chi connectivity index (χ0) is 27.8. The van der Waals surface area contributed by atoms with Crippen LogP contribution in [0.1, 0.15) is 34.7 Å². The molecule has 2 aromatic heterocycles. The van der Waals surface area contributed by atoms with Gasteiger partial charge in [-0.2, -0.15) is 0 Å². The van der Waals surface area contributed by atoms with Crippen molar-refractivity contribution in [3.63, 3.8) is 0 Å². The van der Waals surface area contributed by atoms with Gasteiger partial charge in [0.1, 0.15) is 0 Å². The molecule has 6 rings (SSSR count). The molecule has 6 aromatic rings. The van der Waals surface area contributed by atoms with Crippen molar-refractivity contribution in [1.82, 2.24) is 0 Å². The molecule has 0 amide bonds. The van der Waals surface area contributed by atoms with Crippen LogP contribution in [0.5, 0.6) is 0 Å². The fourth-order valence-corrected chi connectivity index (χ4v) is 8.14. The lowest BCUT2D eigenvalue weighted by atomic mass is 10.0. The van der Waals surface area contributed by atoms with Crippen LogP contribution in [0, 0.1) is 0 Å². The van der Waals surface area contributed by atoms with Crippen LogP contribution in [0.25, 0.3) is 55.2 Å². The van der Waals surface area contributed by atoms with Gasteiger partial charge in [0.2, 0.25) is 0 Å². The fourth-order valence-electron chi connectivity index (χ4n) is 5.51. The van der Waals surface area contributed by atoms with Gasteiger partial charge in [0.25, 0.3) is 0 Å². The molecule has 4 heteroatoms. The Balaban J connectivity index is 1.76. The van der Waals surface area contributed by atoms with Crippen molar-refractivity contribution in [3.05, 3.63) is 119 Å². The van der Waals surface area contributed by atoms with Gasteiger partial charge in [-0.3, -0.25) is 0 Å². The third-order valence-corrected chi connectivity index (χ3v) is 10.2. The Morgan fingerprint density at radius 1 is 0.600 bits per heavy atom. The summed E-state index contributed by atoms with van der Waals surface area (Å²) in [6.45, 7) is 12.4. The van der Waals surface area contributed by atoms with Crippen molar-refractivity contribution in [1.29, 1.82) is 0 Å². The molecule has 0 unspecified atom stereocenters. The Bertz CT molecular complexity index is 1880. The highest BCUT2D eigenvalue weighted by Gasteiger charge is 2.23. The van der Waals surface area contributed by atoms with Gasteiger partial charge in [-0.1, -0.05) is 104 Å². The molecule has 4 aromatic carbocycles.